The summed E-state index contributed by atoms with van der Waals surface area (Å²) in [7, 11) is 4.28. The van der Waals surface area contributed by atoms with Gasteiger partial charge in [0.15, 0.2) is 11.5 Å². The maximum Gasteiger partial charge on any atom is 0.433 e. The van der Waals surface area contributed by atoms with Crippen molar-refractivity contribution >= 4 is 0 Å². The van der Waals surface area contributed by atoms with E-state index in [1.807, 2.05) is 0 Å². The number of pyridine rings is 1. The second-order valence-electron chi connectivity index (χ2n) is 4.29. The minimum atomic E-state index is -4.51. The van der Waals surface area contributed by atoms with E-state index in [2.05, 4.69) is 4.98 Å². The van der Waals surface area contributed by atoms with Gasteiger partial charge in [-0.15, -0.1) is 0 Å². The summed E-state index contributed by atoms with van der Waals surface area (Å²) < 4.78 is 54.0. The van der Waals surface area contributed by atoms with Gasteiger partial charge in [-0.1, -0.05) is 6.07 Å². The Bertz CT molecular complexity index is 672. The summed E-state index contributed by atoms with van der Waals surface area (Å²) in [6.45, 7) is 0. The average Bonchev–Trinajstić information content (AvgIpc) is 2.52. The van der Waals surface area contributed by atoms with Crippen LogP contribution in [0.5, 0.6) is 17.2 Å². The Kier molecular flexibility index (Phi) is 4.44. The van der Waals surface area contributed by atoms with Crippen LogP contribution in [-0.4, -0.2) is 26.3 Å². The zero-order valence-electron chi connectivity index (χ0n) is 12.2. The van der Waals surface area contributed by atoms with Gasteiger partial charge in [0.25, 0.3) is 0 Å². The first kappa shape index (κ1) is 15.9. The molecule has 4 nitrogen and oxygen atoms in total. The number of methoxy groups -OCH3 is 3. The van der Waals surface area contributed by atoms with Crippen LogP contribution in [0.2, 0.25) is 0 Å². The molecule has 118 valence electrons. The minimum Gasteiger partial charge on any atom is -0.493 e. The summed E-state index contributed by atoms with van der Waals surface area (Å²) in [5, 5.41) is 0. The van der Waals surface area contributed by atoms with E-state index >= 15 is 0 Å². The van der Waals surface area contributed by atoms with Crippen molar-refractivity contribution in [2.75, 3.05) is 21.3 Å². The van der Waals surface area contributed by atoms with Crippen molar-refractivity contribution in [3.8, 4) is 28.5 Å². The molecule has 0 spiro atoms. The van der Waals surface area contributed by atoms with E-state index < -0.39 is 11.9 Å². The number of alkyl halides is 3. The molecule has 22 heavy (non-hydrogen) atoms. The first-order chi connectivity index (χ1) is 10.4. The Morgan fingerprint density at radius 1 is 0.864 bits per heavy atom. The highest BCUT2D eigenvalue weighted by atomic mass is 19.4. The Hall–Kier alpha value is -2.44. The zero-order chi connectivity index (χ0) is 16.3. The van der Waals surface area contributed by atoms with E-state index in [9.17, 15) is 13.2 Å². The van der Waals surface area contributed by atoms with Crippen LogP contribution in [-0.2, 0) is 6.18 Å². The van der Waals surface area contributed by atoms with E-state index in [0.29, 0.717) is 17.1 Å². The predicted octanol–water partition coefficient (Wildman–Crippen LogP) is 3.79. The SMILES string of the molecule is COc1ccc(-c2cccc(C(F)(F)F)n2)c(OC)c1OC. The van der Waals surface area contributed by atoms with Gasteiger partial charge in [0, 0.05) is 5.56 Å². The molecule has 0 unspecified atom stereocenters. The average molecular weight is 313 g/mol. The number of halogens is 3. The second kappa shape index (κ2) is 6.13. The van der Waals surface area contributed by atoms with Crippen molar-refractivity contribution in [3.05, 3.63) is 36.0 Å². The summed E-state index contributed by atoms with van der Waals surface area (Å²) in [5.74, 6) is 0.963. The summed E-state index contributed by atoms with van der Waals surface area (Å²) in [5.41, 5.74) is -0.458. The highest BCUT2D eigenvalue weighted by Crippen LogP contribution is 2.44. The van der Waals surface area contributed by atoms with Crippen molar-refractivity contribution in [3.63, 3.8) is 0 Å². The van der Waals surface area contributed by atoms with Gasteiger partial charge in [-0.05, 0) is 24.3 Å². The van der Waals surface area contributed by atoms with Gasteiger partial charge in [-0.2, -0.15) is 13.2 Å². The third kappa shape index (κ3) is 2.93. The summed E-state index contributed by atoms with van der Waals surface area (Å²) in [4.78, 5) is 3.65. The largest absolute Gasteiger partial charge is 0.493 e. The standard InChI is InChI=1S/C15H14F3NO3/c1-20-11-8-7-9(13(21-2)14(11)22-3)10-5-4-6-12(19-10)15(16,17)18/h4-8H,1-3H3. The lowest BCUT2D eigenvalue weighted by atomic mass is 10.1. The first-order valence-electron chi connectivity index (χ1n) is 6.26. The molecule has 0 aliphatic rings. The lowest BCUT2D eigenvalue weighted by Crippen LogP contribution is -2.08. The number of aromatic nitrogens is 1. The number of hydrogen-bond acceptors (Lipinski definition) is 4. The molecule has 7 heteroatoms. The lowest BCUT2D eigenvalue weighted by Gasteiger charge is -2.16. The van der Waals surface area contributed by atoms with Crippen LogP contribution in [0.3, 0.4) is 0 Å². The molecule has 0 aliphatic carbocycles. The molecular weight excluding hydrogens is 299 g/mol. The number of ether oxygens (including phenoxy) is 3. The molecule has 2 rings (SSSR count). The predicted molar refractivity (Wildman–Crippen MR) is 74.3 cm³/mol. The molecule has 1 aromatic heterocycles. The molecule has 0 aliphatic heterocycles. The number of benzene rings is 1. The Morgan fingerprint density at radius 3 is 2.09 bits per heavy atom. The molecule has 0 atom stereocenters. The fourth-order valence-electron chi connectivity index (χ4n) is 2.05. The van der Waals surface area contributed by atoms with Crippen LogP contribution in [0, 0.1) is 0 Å². The quantitative estimate of drug-likeness (QED) is 0.861. The maximum absolute atomic E-state index is 12.8. The van der Waals surface area contributed by atoms with Gasteiger partial charge in [0.2, 0.25) is 5.75 Å². The van der Waals surface area contributed by atoms with Gasteiger partial charge in [-0.3, -0.25) is 0 Å². The van der Waals surface area contributed by atoms with Crippen LogP contribution in [0.15, 0.2) is 30.3 Å². The number of rotatable bonds is 4. The molecule has 0 radical (unpaired) electrons. The maximum atomic E-state index is 12.8. The smallest absolute Gasteiger partial charge is 0.433 e. The molecule has 1 aromatic carbocycles. The van der Waals surface area contributed by atoms with Gasteiger partial charge in [0.1, 0.15) is 5.69 Å². The van der Waals surface area contributed by atoms with Crippen LogP contribution in [0.4, 0.5) is 13.2 Å². The lowest BCUT2D eigenvalue weighted by molar-refractivity contribution is -0.141. The van der Waals surface area contributed by atoms with Crippen LogP contribution in [0.25, 0.3) is 11.3 Å². The summed E-state index contributed by atoms with van der Waals surface area (Å²) in [6.07, 6.45) is -4.51. The Morgan fingerprint density at radius 2 is 1.55 bits per heavy atom. The van der Waals surface area contributed by atoms with Gasteiger partial charge in [0.05, 0.1) is 27.0 Å². The second-order valence-corrected chi connectivity index (χ2v) is 4.29. The summed E-state index contributed by atoms with van der Waals surface area (Å²) >= 11 is 0. The van der Waals surface area contributed by atoms with Gasteiger partial charge in [-0.25, -0.2) is 4.98 Å². The van der Waals surface area contributed by atoms with Crippen molar-refractivity contribution in [1.29, 1.82) is 0 Å². The monoisotopic (exact) mass is 313 g/mol. The third-order valence-electron chi connectivity index (χ3n) is 3.02. The molecule has 0 bridgehead atoms. The molecule has 0 fully saturated rings. The van der Waals surface area contributed by atoms with Crippen molar-refractivity contribution < 1.29 is 27.4 Å². The minimum absolute atomic E-state index is 0.132. The van der Waals surface area contributed by atoms with Crippen LogP contribution < -0.4 is 14.2 Å². The van der Waals surface area contributed by atoms with Crippen LogP contribution in [0.1, 0.15) is 5.69 Å². The number of nitrogens with zero attached hydrogens (tertiary/aromatic N) is 1. The molecule has 0 N–H and O–H groups in total. The number of hydrogen-bond donors (Lipinski definition) is 0. The zero-order valence-corrected chi connectivity index (χ0v) is 12.2. The first-order valence-corrected chi connectivity index (χ1v) is 6.26. The molecule has 0 amide bonds. The highest BCUT2D eigenvalue weighted by molar-refractivity contribution is 5.74. The third-order valence-corrected chi connectivity index (χ3v) is 3.02. The van der Waals surface area contributed by atoms with E-state index in [0.717, 1.165) is 6.07 Å². The Labute approximate surface area is 125 Å². The summed E-state index contributed by atoms with van der Waals surface area (Å²) in [6, 6.07) is 6.83. The topological polar surface area (TPSA) is 40.6 Å². The van der Waals surface area contributed by atoms with Crippen molar-refractivity contribution in [2.24, 2.45) is 0 Å². The van der Waals surface area contributed by atoms with E-state index in [1.54, 1.807) is 12.1 Å². The van der Waals surface area contributed by atoms with Crippen LogP contribution >= 0.6 is 0 Å². The van der Waals surface area contributed by atoms with E-state index in [-0.39, 0.29) is 11.4 Å². The van der Waals surface area contributed by atoms with Gasteiger partial charge < -0.3 is 14.2 Å². The Balaban J connectivity index is 2.63. The highest BCUT2D eigenvalue weighted by Gasteiger charge is 2.32. The molecule has 0 saturated heterocycles. The van der Waals surface area contributed by atoms with Crippen molar-refractivity contribution in [1.82, 2.24) is 4.98 Å². The normalized spacial score (nSPS) is 11.2. The fourth-order valence-corrected chi connectivity index (χ4v) is 2.05. The van der Waals surface area contributed by atoms with Gasteiger partial charge >= 0.3 is 6.18 Å². The van der Waals surface area contributed by atoms with E-state index in [4.69, 9.17) is 14.2 Å². The molecule has 0 saturated carbocycles. The molecular formula is C15H14F3NO3. The van der Waals surface area contributed by atoms with E-state index in [1.165, 1.54) is 33.5 Å². The van der Waals surface area contributed by atoms with Crippen molar-refractivity contribution in [2.45, 2.75) is 6.18 Å². The fraction of sp³-hybridized carbons (Fsp3) is 0.267. The molecule has 2 aromatic rings. The molecule has 1 heterocycles.